The van der Waals surface area contributed by atoms with Crippen LogP contribution in [0.4, 0.5) is 0 Å². The Morgan fingerprint density at radius 1 is 1.08 bits per heavy atom. The molecule has 0 aromatic carbocycles. The minimum Gasteiger partial charge on any atom is -0.696 e. The molecule has 70 valence electrons. The number of thiocyanates is 1. The fraction of sp³-hybridized carbons (Fsp3) is 0. The van der Waals surface area contributed by atoms with Gasteiger partial charge in [-0.1, -0.05) is 11.5 Å². The zero-order chi connectivity index (χ0) is 6.95. The molecule has 0 aliphatic carbocycles. The van der Waals surface area contributed by atoms with Gasteiger partial charge in [0.05, 0.1) is 0 Å². The monoisotopic (exact) mass is 364 g/mol. The standard InChI is InChI=1S/C5H5N.CHNS.2CH3.Au/c1-2-4-6-5-3-1;2-1-3;;;/h1-5H;3H;2*1H3;/q;;2*-1;+3/p-1. The van der Waals surface area contributed by atoms with Crippen molar-refractivity contribution >= 4 is 12.6 Å². The Morgan fingerprint density at radius 3 is 1.50 bits per heavy atom. The molecule has 1 aromatic rings. The van der Waals surface area contributed by atoms with Gasteiger partial charge in [0.1, 0.15) is 0 Å². The Bertz CT molecular complexity index is 147. The van der Waals surface area contributed by atoms with Crippen LogP contribution in [0.25, 0.3) is 0 Å². The number of pyridine rings is 1. The number of hydrogen-bond acceptors (Lipinski definition) is 3. The molecule has 0 fully saturated rings. The van der Waals surface area contributed by atoms with E-state index in [1.807, 2.05) is 18.2 Å². The molecule has 1 aromatic heterocycles. The molecule has 1 rings (SSSR count). The van der Waals surface area contributed by atoms with Gasteiger partial charge < -0.3 is 27.5 Å². The first-order valence-corrected chi connectivity index (χ1v) is 2.69. The van der Waals surface area contributed by atoms with E-state index in [9.17, 15) is 0 Å². The van der Waals surface area contributed by atoms with Gasteiger partial charge in [0.2, 0.25) is 0 Å². The van der Waals surface area contributed by atoms with E-state index in [0.717, 1.165) is 0 Å². The maximum atomic E-state index is 7.13. The summed E-state index contributed by atoms with van der Waals surface area (Å²) in [5, 5.41) is 8.47. The summed E-state index contributed by atoms with van der Waals surface area (Å²) in [5.41, 5.74) is 0. The molecule has 12 heavy (non-hydrogen) atoms. The van der Waals surface area contributed by atoms with E-state index in [4.69, 9.17) is 5.26 Å². The smallest absolute Gasteiger partial charge is 0.696 e. The van der Waals surface area contributed by atoms with Crippen LogP contribution in [0.1, 0.15) is 0 Å². The zero-order valence-corrected chi connectivity index (χ0v) is 9.97. The van der Waals surface area contributed by atoms with Gasteiger partial charge in [0.15, 0.2) is 0 Å². The third kappa shape index (κ3) is 22.6. The normalized spacial score (nSPS) is 4.58. The van der Waals surface area contributed by atoms with E-state index in [2.05, 4.69) is 17.6 Å². The Balaban J connectivity index is -0.0000000489. The number of nitriles is 1. The molecule has 0 N–H and O–H groups in total. The van der Waals surface area contributed by atoms with Gasteiger partial charge in [0, 0.05) is 12.4 Å². The van der Waals surface area contributed by atoms with Crippen LogP contribution in [0.5, 0.6) is 0 Å². The van der Waals surface area contributed by atoms with E-state index in [0.29, 0.717) is 0 Å². The number of aromatic nitrogens is 1. The van der Waals surface area contributed by atoms with E-state index < -0.39 is 0 Å². The van der Waals surface area contributed by atoms with Crippen LogP contribution < -0.4 is 0 Å². The molecule has 0 radical (unpaired) electrons. The van der Waals surface area contributed by atoms with E-state index in [1.165, 1.54) is 5.40 Å². The van der Waals surface area contributed by atoms with Crippen LogP contribution >= 0.6 is 0 Å². The molecule has 4 heteroatoms. The first-order valence-electron chi connectivity index (χ1n) is 2.28. The van der Waals surface area contributed by atoms with Gasteiger partial charge in [-0.2, -0.15) is 0 Å². The molecule has 0 spiro atoms. The summed E-state index contributed by atoms with van der Waals surface area (Å²) >= 11 is 3.70. The Morgan fingerprint density at radius 2 is 1.42 bits per heavy atom. The fourth-order valence-electron chi connectivity index (χ4n) is 0.313. The van der Waals surface area contributed by atoms with Gasteiger partial charge in [-0.15, -0.1) is 0 Å². The molecule has 0 amide bonds. The average Bonchev–Trinajstić information content (AvgIpc) is 1.93. The summed E-state index contributed by atoms with van der Waals surface area (Å²) in [6.07, 6.45) is 3.50. The SMILES string of the molecule is N#C[S-].[Au+3].[CH3-].[CH3-].c1ccncc1. The topological polar surface area (TPSA) is 36.7 Å². The first kappa shape index (κ1) is 22.6. The van der Waals surface area contributed by atoms with Crippen LogP contribution in [-0.2, 0) is 35.0 Å². The van der Waals surface area contributed by atoms with Crippen molar-refractivity contribution < 1.29 is 22.4 Å². The van der Waals surface area contributed by atoms with Crippen LogP contribution in [0, 0.1) is 25.5 Å². The van der Waals surface area contributed by atoms with E-state index >= 15 is 0 Å². The van der Waals surface area contributed by atoms with Crippen molar-refractivity contribution in [2.75, 3.05) is 0 Å². The predicted molar refractivity (Wildman–Crippen MR) is 50.0 cm³/mol. The quantitative estimate of drug-likeness (QED) is 0.306. The summed E-state index contributed by atoms with van der Waals surface area (Å²) in [6, 6.07) is 5.72. The molecular formula is C8H11AuN2S. The van der Waals surface area contributed by atoms with Gasteiger partial charge in [-0.3, -0.25) is 4.98 Å². The fourth-order valence-corrected chi connectivity index (χ4v) is 0.313. The number of hydrogen-bond donors (Lipinski definition) is 0. The molecule has 0 aliphatic rings. The number of rotatable bonds is 0. The third-order valence-electron chi connectivity index (χ3n) is 0.566. The molecule has 1 heterocycles. The molecule has 0 saturated heterocycles. The largest absolute Gasteiger partial charge is 3.00 e. The molecule has 0 bridgehead atoms. The maximum Gasteiger partial charge on any atom is 3.00 e. The summed E-state index contributed by atoms with van der Waals surface area (Å²) in [4.78, 5) is 3.78. The Kier molecular flexibility index (Phi) is 42.2. The van der Waals surface area contributed by atoms with Gasteiger partial charge >= 0.3 is 22.4 Å². The number of nitrogens with zero attached hydrogens (tertiary/aromatic N) is 2. The van der Waals surface area contributed by atoms with Crippen molar-refractivity contribution in [3.63, 3.8) is 0 Å². The maximum absolute atomic E-state index is 7.13. The first-order chi connectivity index (χ1) is 4.41. The average molecular weight is 364 g/mol. The molecule has 0 saturated carbocycles. The summed E-state index contributed by atoms with van der Waals surface area (Å²) in [7, 11) is 0. The Labute approximate surface area is 95.9 Å². The van der Waals surface area contributed by atoms with Crippen molar-refractivity contribution in [3.05, 3.63) is 45.4 Å². The molecule has 0 aliphatic heterocycles. The second kappa shape index (κ2) is 22.4. The van der Waals surface area contributed by atoms with Crippen LogP contribution in [0.15, 0.2) is 30.6 Å². The van der Waals surface area contributed by atoms with Crippen LogP contribution in [0.3, 0.4) is 0 Å². The zero-order valence-electron chi connectivity index (χ0n) is 6.99. The summed E-state index contributed by atoms with van der Waals surface area (Å²) in [6.45, 7) is 0. The van der Waals surface area contributed by atoms with Crippen molar-refractivity contribution in [2.45, 2.75) is 0 Å². The molecule has 0 unspecified atom stereocenters. The van der Waals surface area contributed by atoms with E-state index in [-0.39, 0.29) is 37.2 Å². The van der Waals surface area contributed by atoms with Crippen LogP contribution in [-0.4, -0.2) is 4.98 Å². The predicted octanol–water partition coefficient (Wildman–Crippen LogP) is 1.99. The second-order valence-corrected chi connectivity index (χ2v) is 1.30. The minimum atomic E-state index is 0. The molecular weight excluding hydrogens is 353 g/mol. The minimum absolute atomic E-state index is 0. The molecule has 2 nitrogen and oxygen atoms in total. The van der Waals surface area contributed by atoms with Crippen molar-refractivity contribution in [3.8, 4) is 5.40 Å². The van der Waals surface area contributed by atoms with Gasteiger partial charge in [-0.05, 0) is 12.1 Å². The Hall–Kier alpha value is -0.400. The van der Waals surface area contributed by atoms with Crippen molar-refractivity contribution in [1.29, 1.82) is 5.26 Å². The third-order valence-corrected chi connectivity index (χ3v) is 0.566. The van der Waals surface area contributed by atoms with Crippen molar-refractivity contribution in [2.24, 2.45) is 0 Å². The van der Waals surface area contributed by atoms with Gasteiger partial charge in [-0.25, -0.2) is 5.26 Å². The van der Waals surface area contributed by atoms with Crippen LogP contribution in [0.2, 0.25) is 0 Å². The summed E-state index contributed by atoms with van der Waals surface area (Å²) < 4.78 is 0. The second-order valence-electron chi connectivity index (χ2n) is 1.12. The van der Waals surface area contributed by atoms with Crippen molar-refractivity contribution in [1.82, 2.24) is 4.98 Å². The summed E-state index contributed by atoms with van der Waals surface area (Å²) in [5.74, 6) is 0. The van der Waals surface area contributed by atoms with E-state index in [1.54, 1.807) is 12.4 Å². The van der Waals surface area contributed by atoms with Gasteiger partial charge in [0.25, 0.3) is 0 Å². The molecule has 0 atom stereocenters.